The number of carbonyl (C=O) groups excluding carboxylic acids is 1. The van der Waals surface area contributed by atoms with Crippen LogP contribution in [0.2, 0.25) is 0 Å². The smallest absolute Gasteiger partial charge is 0.255 e. The maximum atomic E-state index is 12.9. The van der Waals surface area contributed by atoms with Gasteiger partial charge in [0.25, 0.3) is 5.91 Å². The van der Waals surface area contributed by atoms with E-state index >= 15 is 0 Å². The van der Waals surface area contributed by atoms with Crippen molar-refractivity contribution >= 4 is 5.91 Å². The van der Waals surface area contributed by atoms with Crippen LogP contribution >= 0.6 is 0 Å². The maximum Gasteiger partial charge on any atom is 0.255 e. The van der Waals surface area contributed by atoms with Crippen molar-refractivity contribution in [1.82, 2.24) is 5.32 Å². The first-order valence-electron chi connectivity index (χ1n) is 10.5. The van der Waals surface area contributed by atoms with E-state index in [0.717, 1.165) is 19.3 Å². The van der Waals surface area contributed by atoms with E-state index in [2.05, 4.69) is 53.8 Å². The largest absolute Gasteiger partial charge is 0.354 e. The van der Waals surface area contributed by atoms with Crippen LogP contribution in [0, 0.1) is 22.7 Å². The molecule has 3 heteroatoms. The summed E-state index contributed by atoms with van der Waals surface area (Å²) >= 11 is 0. The van der Waals surface area contributed by atoms with E-state index in [4.69, 9.17) is 4.74 Å². The zero-order valence-electron chi connectivity index (χ0n) is 17.9. The molecule has 2 rings (SSSR count). The summed E-state index contributed by atoms with van der Waals surface area (Å²) in [6.45, 7) is 18.9. The molecule has 0 bridgehead atoms. The fourth-order valence-corrected chi connectivity index (χ4v) is 5.32. The summed E-state index contributed by atoms with van der Waals surface area (Å²) in [5.74, 6) is 1.27. The second-order valence-corrected chi connectivity index (χ2v) is 9.74. The normalized spacial score (nSPS) is 35.7. The lowest BCUT2D eigenvalue weighted by Gasteiger charge is -2.48. The molecule has 0 aromatic rings. The molecule has 2 fully saturated rings. The van der Waals surface area contributed by atoms with Crippen LogP contribution in [-0.2, 0) is 9.53 Å². The summed E-state index contributed by atoms with van der Waals surface area (Å²) in [6.07, 6.45) is 6.50. The summed E-state index contributed by atoms with van der Waals surface area (Å²) in [6, 6.07) is 0. The molecule has 2 aliphatic rings. The first kappa shape index (κ1) is 20.7. The molecule has 4 atom stereocenters. The molecule has 1 aliphatic carbocycles. The van der Waals surface area contributed by atoms with Crippen LogP contribution in [0.4, 0.5) is 0 Å². The molecular weight excluding hydrogens is 310 g/mol. The Morgan fingerprint density at radius 3 is 2.16 bits per heavy atom. The molecule has 1 heterocycles. The highest BCUT2D eigenvalue weighted by atomic mass is 16.6. The first-order valence-corrected chi connectivity index (χ1v) is 10.5. The molecule has 1 N–H and O–H groups in total. The molecule has 1 amide bonds. The highest BCUT2D eigenvalue weighted by Gasteiger charge is 2.78. The number of likely N-dealkylation sites (N-methyl/N-ethyl adjacent to an activating group) is 1. The van der Waals surface area contributed by atoms with Gasteiger partial charge in [-0.25, -0.2) is 0 Å². The zero-order chi connectivity index (χ0) is 19.1. The standard InChI is InChI=1S/C22H41NO2/c1-9-19(5,6)16-13-14-22(17(15-16)20(7,8)10-2)21(11-3,25-22)18(24)23-12-4/h16-17H,9-15H2,1-8H3,(H,23,24). The van der Waals surface area contributed by atoms with Gasteiger partial charge < -0.3 is 10.1 Å². The second kappa shape index (κ2) is 6.87. The van der Waals surface area contributed by atoms with E-state index in [1.165, 1.54) is 19.3 Å². The Labute approximate surface area is 155 Å². The summed E-state index contributed by atoms with van der Waals surface area (Å²) < 4.78 is 6.48. The van der Waals surface area contributed by atoms with Gasteiger partial charge in [-0.1, -0.05) is 61.3 Å². The van der Waals surface area contributed by atoms with Gasteiger partial charge in [0, 0.05) is 6.54 Å². The maximum absolute atomic E-state index is 12.9. The summed E-state index contributed by atoms with van der Waals surface area (Å²) in [4.78, 5) is 12.9. The van der Waals surface area contributed by atoms with Crippen molar-refractivity contribution in [1.29, 1.82) is 0 Å². The SMILES string of the molecule is CCNC(=O)C1(CC)OC12CCC(C(C)(C)CC)CC2C(C)(C)CC. The number of ether oxygens (including phenoxy) is 1. The molecule has 0 aromatic heterocycles. The van der Waals surface area contributed by atoms with Crippen molar-refractivity contribution < 1.29 is 9.53 Å². The van der Waals surface area contributed by atoms with Crippen molar-refractivity contribution in [3.8, 4) is 0 Å². The lowest BCUT2D eigenvalue weighted by molar-refractivity contribution is -0.126. The van der Waals surface area contributed by atoms with Crippen LogP contribution in [0.25, 0.3) is 0 Å². The van der Waals surface area contributed by atoms with Gasteiger partial charge in [-0.3, -0.25) is 4.79 Å². The Kier molecular flexibility index (Phi) is 5.70. The van der Waals surface area contributed by atoms with Crippen molar-refractivity contribution in [2.75, 3.05) is 6.54 Å². The average molecular weight is 352 g/mol. The molecule has 25 heavy (non-hydrogen) atoms. The average Bonchev–Trinajstić information content (AvgIpc) is 3.24. The van der Waals surface area contributed by atoms with Crippen molar-refractivity contribution in [3.63, 3.8) is 0 Å². The lowest BCUT2D eigenvalue weighted by Crippen LogP contribution is -2.52. The predicted octanol–water partition coefficient (Wildman–Crippen LogP) is 5.33. The molecular formula is C22H41NO2. The van der Waals surface area contributed by atoms with Crippen LogP contribution in [0.5, 0.6) is 0 Å². The number of carbonyl (C=O) groups is 1. The minimum absolute atomic E-state index is 0.114. The summed E-state index contributed by atoms with van der Waals surface area (Å²) in [7, 11) is 0. The Morgan fingerprint density at radius 2 is 1.68 bits per heavy atom. The summed E-state index contributed by atoms with van der Waals surface area (Å²) in [5.41, 5.74) is -0.298. The van der Waals surface area contributed by atoms with Crippen LogP contribution in [0.3, 0.4) is 0 Å². The number of rotatable bonds is 7. The third kappa shape index (κ3) is 3.15. The first-order chi connectivity index (χ1) is 11.6. The van der Waals surface area contributed by atoms with Gasteiger partial charge in [-0.2, -0.15) is 0 Å². The Hall–Kier alpha value is -0.570. The topological polar surface area (TPSA) is 41.6 Å². The van der Waals surface area contributed by atoms with Gasteiger partial charge in [0.2, 0.25) is 0 Å². The van der Waals surface area contributed by atoms with Gasteiger partial charge in [0.15, 0.2) is 5.60 Å². The zero-order valence-corrected chi connectivity index (χ0v) is 17.9. The third-order valence-corrected chi connectivity index (χ3v) is 8.02. The quantitative estimate of drug-likeness (QED) is 0.630. The third-order valence-electron chi connectivity index (χ3n) is 8.02. The number of amides is 1. The molecule has 0 radical (unpaired) electrons. The van der Waals surface area contributed by atoms with E-state index in [1.807, 2.05) is 6.92 Å². The van der Waals surface area contributed by atoms with E-state index < -0.39 is 5.60 Å². The lowest BCUT2D eigenvalue weighted by atomic mass is 9.54. The van der Waals surface area contributed by atoms with Gasteiger partial charge >= 0.3 is 0 Å². The molecule has 1 saturated carbocycles. The minimum atomic E-state index is -0.596. The monoisotopic (exact) mass is 351 g/mol. The molecule has 0 aromatic carbocycles. The van der Waals surface area contributed by atoms with Gasteiger partial charge in [0.1, 0.15) is 5.60 Å². The number of hydrogen-bond acceptors (Lipinski definition) is 2. The van der Waals surface area contributed by atoms with E-state index in [-0.39, 0.29) is 16.9 Å². The predicted molar refractivity (Wildman–Crippen MR) is 104 cm³/mol. The Morgan fingerprint density at radius 1 is 1.08 bits per heavy atom. The van der Waals surface area contributed by atoms with Crippen LogP contribution < -0.4 is 5.32 Å². The van der Waals surface area contributed by atoms with Crippen molar-refractivity contribution in [3.05, 3.63) is 0 Å². The number of nitrogens with one attached hydrogen (secondary N) is 1. The van der Waals surface area contributed by atoms with Crippen LogP contribution in [-0.4, -0.2) is 23.7 Å². The fraction of sp³-hybridized carbons (Fsp3) is 0.955. The Balaban J connectivity index is 2.37. The van der Waals surface area contributed by atoms with Gasteiger partial charge in [-0.05, 0) is 55.3 Å². The molecule has 1 aliphatic heterocycles. The van der Waals surface area contributed by atoms with Crippen molar-refractivity contribution in [2.24, 2.45) is 22.7 Å². The van der Waals surface area contributed by atoms with Crippen LogP contribution in [0.15, 0.2) is 0 Å². The summed E-state index contributed by atoms with van der Waals surface area (Å²) in [5, 5.41) is 3.05. The van der Waals surface area contributed by atoms with Crippen molar-refractivity contribution in [2.45, 2.75) is 105 Å². The van der Waals surface area contributed by atoms with Gasteiger partial charge in [-0.15, -0.1) is 0 Å². The fourth-order valence-electron chi connectivity index (χ4n) is 5.32. The van der Waals surface area contributed by atoms with E-state index in [9.17, 15) is 4.79 Å². The molecule has 4 unspecified atom stereocenters. The second-order valence-electron chi connectivity index (χ2n) is 9.74. The Bertz CT molecular complexity index is 498. The molecule has 146 valence electrons. The highest BCUT2D eigenvalue weighted by Crippen LogP contribution is 2.67. The van der Waals surface area contributed by atoms with E-state index in [1.54, 1.807) is 0 Å². The highest BCUT2D eigenvalue weighted by molar-refractivity contribution is 5.90. The number of hydrogen-bond donors (Lipinski definition) is 1. The molecule has 1 spiro atoms. The molecule has 1 saturated heterocycles. The minimum Gasteiger partial charge on any atom is -0.354 e. The van der Waals surface area contributed by atoms with Gasteiger partial charge in [0.05, 0.1) is 0 Å². The van der Waals surface area contributed by atoms with E-state index in [0.29, 0.717) is 23.8 Å². The van der Waals surface area contributed by atoms with Crippen LogP contribution in [0.1, 0.15) is 93.9 Å². The molecule has 3 nitrogen and oxygen atoms in total. The number of epoxide rings is 1.